The maximum atomic E-state index is 12.5. The molecule has 132 valence electrons. The molecule has 0 radical (unpaired) electrons. The van der Waals surface area contributed by atoms with E-state index in [-0.39, 0.29) is 12.3 Å². The molecule has 4 N–H and O–H groups in total. The summed E-state index contributed by atoms with van der Waals surface area (Å²) >= 11 is 3.38. The predicted octanol–water partition coefficient (Wildman–Crippen LogP) is 3.50. The van der Waals surface area contributed by atoms with E-state index in [4.69, 9.17) is 10.5 Å². The van der Waals surface area contributed by atoms with Gasteiger partial charge in [-0.15, -0.1) is 0 Å². The van der Waals surface area contributed by atoms with Crippen LogP contribution in [0.2, 0.25) is 0 Å². The molecule has 1 atom stereocenters. The van der Waals surface area contributed by atoms with Crippen LogP contribution in [-0.2, 0) is 4.79 Å². The summed E-state index contributed by atoms with van der Waals surface area (Å²) in [6.07, 6.45) is 0.0382. The number of primary amides is 1. The van der Waals surface area contributed by atoms with Crippen LogP contribution in [0.5, 0.6) is 5.75 Å². The zero-order valence-corrected chi connectivity index (χ0v) is 15.6. The number of nitrogens with two attached hydrogens (primary N) is 1. The molecule has 0 unspecified atom stereocenters. The molecule has 0 spiro atoms. The van der Waals surface area contributed by atoms with E-state index in [9.17, 15) is 9.59 Å². The van der Waals surface area contributed by atoms with E-state index >= 15 is 0 Å². The summed E-state index contributed by atoms with van der Waals surface area (Å²) in [6.45, 7) is 1.92. The van der Waals surface area contributed by atoms with Gasteiger partial charge in [0, 0.05) is 4.47 Å². The quantitative estimate of drug-likeness (QED) is 0.686. The van der Waals surface area contributed by atoms with Gasteiger partial charge in [0.2, 0.25) is 5.91 Å². The number of nitrogens with one attached hydrogen (secondary N) is 2. The smallest absolute Gasteiger partial charge is 0.312 e. The van der Waals surface area contributed by atoms with Gasteiger partial charge in [-0.25, -0.2) is 4.79 Å². The van der Waals surface area contributed by atoms with Crippen molar-refractivity contribution in [2.24, 2.45) is 5.73 Å². The molecule has 2 aromatic carbocycles. The average Bonchev–Trinajstić information content (AvgIpc) is 2.54. The van der Waals surface area contributed by atoms with E-state index in [1.807, 2.05) is 43.3 Å². The fraction of sp³-hybridized carbons (Fsp3) is 0.222. The molecule has 0 aromatic heterocycles. The first-order valence-corrected chi connectivity index (χ1v) is 8.44. The van der Waals surface area contributed by atoms with Gasteiger partial charge in [-0.1, -0.05) is 34.1 Å². The van der Waals surface area contributed by atoms with Gasteiger partial charge in [-0.3, -0.25) is 4.79 Å². The highest BCUT2D eigenvalue weighted by Crippen LogP contribution is 2.27. The van der Waals surface area contributed by atoms with Crippen molar-refractivity contribution in [3.8, 4) is 5.75 Å². The first-order chi connectivity index (χ1) is 11.9. The number of amides is 3. The number of aryl methyl sites for hydroxylation is 1. The molecule has 25 heavy (non-hydrogen) atoms. The molecule has 2 aromatic rings. The second-order valence-electron chi connectivity index (χ2n) is 5.57. The molecule has 0 bridgehead atoms. The van der Waals surface area contributed by atoms with Crippen molar-refractivity contribution in [1.29, 1.82) is 0 Å². The van der Waals surface area contributed by atoms with E-state index in [2.05, 4.69) is 26.6 Å². The van der Waals surface area contributed by atoms with E-state index in [0.717, 1.165) is 15.6 Å². The summed E-state index contributed by atoms with van der Waals surface area (Å²) < 4.78 is 6.11. The Labute approximate surface area is 154 Å². The number of carbonyl (C=O) groups is 2. The van der Waals surface area contributed by atoms with Gasteiger partial charge in [-0.2, -0.15) is 0 Å². The Morgan fingerprint density at radius 3 is 2.64 bits per heavy atom. The molecular weight excluding hydrogens is 386 g/mol. The van der Waals surface area contributed by atoms with E-state index in [1.165, 1.54) is 0 Å². The zero-order valence-electron chi connectivity index (χ0n) is 14.0. The molecule has 0 fully saturated rings. The third-order valence-corrected chi connectivity index (χ3v) is 4.08. The summed E-state index contributed by atoms with van der Waals surface area (Å²) in [5.41, 5.74) is 7.60. The Balaban J connectivity index is 2.17. The van der Waals surface area contributed by atoms with Crippen LogP contribution >= 0.6 is 15.9 Å². The van der Waals surface area contributed by atoms with Gasteiger partial charge in [0.15, 0.2) is 0 Å². The number of hydrogen-bond acceptors (Lipinski definition) is 3. The lowest BCUT2D eigenvalue weighted by Gasteiger charge is -2.19. The second kappa shape index (κ2) is 8.53. The molecular formula is C18H20BrN3O3. The molecule has 0 saturated carbocycles. The maximum absolute atomic E-state index is 12.5. The van der Waals surface area contributed by atoms with E-state index < -0.39 is 12.1 Å². The van der Waals surface area contributed by atoms with Crippen LogP contribution in [0.15, 0.2) is 46.9 Å². The number of urea groups is 1. The maximum Gasteiger partial charge on any atom is 0.312 e. The third-order valence-electron chi connectivity index (χ3n) is 3.59. The average molecular weight is 406 g/mol. The summed E-state index contributed by atoms with van der Waals surface area (Å²) in [6, 6.07) is 11.6. The van der Waals surface area contributed by atoms with Crippen molar-refractivity contribution in [3.05, 3.63) is 58.1 Å². The van der Waals surface area contributed by atoms with Crippen molar-refractivity contribution >= 4 is 33.6 Å². The van der Waals surface area contributed by atoms with E-state index in [1.54, 1.807) is 13.2 Å². The molecule has 3 amide bonds. The lowest BCUT2D eigenvalue weighted by atomic mass is 10.0. The SMILES string of the molecule is COc1ccc(C)cc1NC(=O)C[C@@H](NC(N)=O)c1cccc(Br)c1. The van der Waals surface area contributed by atoms with Crippen LogP contribution in [-0.4, -0.2) is 19.0 Å². The molecule has 0 aliphatic heterocycles. The fourth-order valence-corrected chi connectivity index (χ4v) is 2.87. The molecule has 0 heterocycles. The highest BCUT2D eigenvalue weighted by Gasteiger charge is 2.19. The van der Waals surface area contributed by atoms with Crippen LogP contribution in [0.4, 0.5) is 10.5 Å². The zero-order chi connectivity index (χ0) is 18.4. The molecule has 2 rings (SSSR count). The van der Waals surface area contributed by atoms with Crippen LogP contribution in [0.25, 0.3) is 0 Å². The molecule has 0 aliphatic rings. The van der Waals surface area contributed by atoms with Crippen molar-refractivity contribution in [3.63, 3.8) is 0 Å². The summed E-state index contributed by atoms with van der Waals surface area (Å²) in [5, 5.41) is 5.43. The number of benzene rings is 2. The van der Waals surface area contributed by atoms with E-state index in [0.29, 0.717) is 11.4 Å². The van der Waals surface area contributed by atoms with Gasteiger partial charge >= 0.3 is 6.03 Å². The van der Waals surface area contributed by atoms with Gasteiger partial charge in [0.05, 0.1) is 25.3 Å². The highest BCUT2D eigenvalue weighted by atomic mass is 79.9. The number of rotatable bonds is 6. The van der Waals surface area contributed by atoms with Gasteiger partial charge in [-0.05, 0) is 42.3 Å². The third kappa shape index (κ3) is 5.49. The molecule has 6 nitrogen and oxygen atoms in total. The van der Waals surface area contributed by atoms with Crippen molar-refractivity contribution < 1.29 is 14.3 Å². The van der Waals surface area contributed by atoms with Crippen LogP contribution in [0.3, 0.4) is 0 Å². The Hall–Kier alpha value is -2.54. The van der Waals surface area contributed by atoms with Crippen molar-refractivity contribution in [2.75, 3.05) is 12.4 Å². The highest BCUT2D eigenvalue weighted by molar-refractivity contribution is 9.10. The normalized spacial score (nSPS) is 11.5. The Morgan fingerprint density at radius 2 is 2.00 bits per heavy atom. The summed E-state index contributed by atoms with van der Waals surface area (Å²) in [5.74, 6) is 0.309. The minimum Gasteiger partial charge on any atom is -0.495 e. The lowest BCUT2D eigenvalue weighted by Crippen LogP contribution is -2.35. The predicted molar refractivity (Wildman–Crippen MR) is 101 cm³/mol. The Kier molecular flexibility index (Phi) is 6.41. The fourth-order valence-electron chi connectivity index (χ4n) is 2.45. The monoisotopic (exact) mass is 405 g/mol. The first-order valence-electron chi connectivity index (χ1n) is 7.65. The van der Waals surface area contributed by atoms with Gasteiger partial charge < -0.3 is 21.1 Å². The van der Waals surface area contributed by atoms with Gasteiger partial charge in [0.25, 0.3) is 0 Å². The van der Waals surface area contributed by atoms with Crippen molar-refractivity contribution in [2.45, 2.75) is 19.4 Å². The van der Waals surface area contributed by atoms with Gasteiger partial charge in [0.1, 0.15) is 5.75 Å². The number of halogens is 1. The molecule has 0 aliphatic carbocycles. The molecule has 0 saturated heterocycles. The van der Waals surface area contributed by atoms with Crippen LogP contribution in [0, 0.1) is 6.92 Å². The number of ether oxygens (including phenoxy) is 1. The number of hydrogen-bond donors (Lipinski definition) is 3. The minimum absolute atomic E-state index is 0.0382. The standard InChI is InChI=1S/C18H20BrN3O3/c1-11-6-7-16(25-2)15(8-11)21-17(23)10-14(22-18(20)24)12-4-3-5-13(19)9-12/h3-9,14H,10H2,1-2H3,(H,21,23)(H3,20,22,24)/t14-/m1/s1. The number of anilines is 1. The summed E-state index contributed by atoms with van der Waals surface area (Å²) in [7, 11) is 1.54. The second-order valence-corrected chi connectivity index (χ2v) is 6.49. The van der Waals surface area contributed by atoms with Crippen LogP contribution in [0.1, 0.15) is 23.6 Å². The van der Waals surface area contributed by atoms with Crippen molar-refractivity contribution in [1.82, 2.24) is 5.32 Å². The number of carbonyl (C=O) groups excluding carboxylic acids is 2. The van der Waals surface area contributed by atoms with Crippen LogP contribution < -0.4 is 21.1 Å². The minimum atomic E-state index is -0.689. The molecule has 7 heteroatoms. The summed E-state index contributed by atoms with van der Waals surface area (Å²) in [4.78, 5) is 23.8. The Bertz CT molecular complexity index is 780. The number of methoxy groups -OCH3 is 1. The largest absolute Gasteiger partial charge is 0.495 e. The topological polar surface area (TPSA) is 93.4 Å². The first kappa shape index (κ1) is 18.8. The lowest BCUT2D eigenvalue weighted by molar-refractivity contribution is -0.116. The Morgan fingerprint density at radius 1 is 1.24 bits per heavy atom.